The molecule has 0 fully saturated rings. The smallest absolute Gasteiger partial charge is 0.00647 e. The first-order valence-corrected chi connectivity index (χ1v) is 9.03. The van der Waals surface area contributed by atoms with Crippen LogP contribution < -0.4 is 0 Å². The summed E-state index contributed by atoms with van der Waals surface area (Å²) in [5, 5.41) is 0. The van der Waals surface area contributed by atoms with Gasteiger partial charge in [0.2, 0.25) is 0 Å². The van der Waals surface area contributed by atoms with E-state index in [2.05, 4.69) is 26.0 Å². The topological polar surface area (TPSA) is 0 Å². The van der Waals surface area contributed by atoms with Crippen LogP contribution in [0.1, 0.15) is 53.4 Å². The first-order valence-electron chi connectivity index (χ1n) is 6.72. The van der Waals surface area contributed by atoms with Crippen LogP contribution in [0.4, 0.5) is 0 Å². The van der Waals surface area contributed by atoms with Gasteiger partial charge in [-0.2, -0.15) is 23.5 Å². The van der Waals surface area contributed by atoms with Crippen molar-refractivity contribution in [2.75, 3.05) is 23.0 Å². The van der Waals surface area contributed by atoms with Crippen molar-refractivity contribution in [3.05, 3.63) is 12.2 Å². The normalized spacial score (nSPS) is 10.2. The molecule has 16 heavy (non-hydrogen) atoms. The summed E-state index contributed by atoms with van der Waals surface area (Å²) in [5.74, 6) is 5.18. The minimum Gasteiger partial charge on any atom is -0.162 e. The number of rotatable bonds is 10. The lowest BCUT2D eigenvalue weighted by Crippen LogP contribution is -1.80. The lowest BCUT2D eigenvalue weighted by atomic mass is 10.2. The van der Waals surface area contributed by atoms with Crippen LogP contribution in [-0.4, -0.2) is 23.0 Å². The van der Waals surface area contributed by atoms with Gasteiger partial charge in [-0.15, -0.1) is 0 Å². The molecule has 0 heterocycles. The predicted molar refractivity (Wildman–Crippen MR) is 85.0 cm³/mol. The fourth-order valence-electron chi connectivity index (χ4n) is 1.13. The molecule has 0 aromatic rings. The molecule has 0 atom stereocenters. The Morgan fingerprint density at radius 3 is 1.44 bits per heavy atom. The van der Waals surface area contributed by atoms with Gasteiger partial charge in [0.15, 0.2) is 0 Å². The van der Waals surface area contributed by atoms with Gasteiger partial charge in [-0.1, -0.05) is 39.8 Å². The molecule has 0 amide bonds. The van der Waals surface area contributed by atoms with Crippen LogP contribution in [0.5, 0.6) is 0 Å². The third-order valence-corrected chi connectivity index (χ3v) is 3.87. The van der Waals surface area contributed by atoms with Crippen molar-refractivity contribution >= 4 is 23.5 Å². The zero-order valence-corrected chi connectivity index (χ0v) is 13.3. The fourth-order valence-corrected chi connectivity index (χ4v) is 2.45. The molecule has 0 aliphatic heterocycles. The third-order valence-electron chi connectivity index (χ3n) is 1.89. The monoisotopic (exact) mass is 262 g/mol. The molecule has 0 unspecified atom stereocenters. The zero-order valence-electron chi connectivity index (χ0n) is 11.6. The molecule has 0 N–H and O–H groups in total. The van der Waals surface area contributed by atoms with Crippen LogP contribution >= 0.6 is 23.5 Å². The summed E-state index contributed by atoms with van der Waals surface area (Å²) >= 11 is 4.09. The number of hydrogen-bond acceptors (Lipinski definition) is 2. The van der Waals surface area contributed by atoms with Crippen molar-refractivity contribution in [1.82, 2.24) is 0 Å². The first kappa shape index (κ1) is 18.8. The Hall–Kier alpha value is 0.440. The Morgan fingerprint density at radius 1 is 0.750 bits per heavy atom. The molecule has 0 aromatic heterocycles. The van der Waals surface area contributed by atoms with E-state index in [4.69, 9.17) is 0 Å². The Kier molecular flexibility index (Phi) is 24.4. The summed E-state index contributed by atoms with van der Waals surface area (Å²) in [5.41, 5.74) is 0. The Morgan fingerprint density at radius 2 is 1.12 bits per heavy atom. The molecule has 0 radical (unpaired) electrons. The highest BCUT2D eigenvalue weighted by atomic mass is 32.2. The number of hydrogen-bond donors (Lipinski definition) is 0. The summed E-state index contributed by atoms with van der Waals surface area (Å²) in [4.78, 5) is 0. The van der Waals surface area contributed by atoms with Crippen molar-refractivity contribution in [2.45, 2.75) is 53.4 Å². The van der Waals surface area contributed by atoms with Gasteiger partial charge in [0.1, 0.15) is 0 Å². The molecule has 0 spiro atoms. The van der Waals surface area contributed by atoms with Crippen LogP contribution in [0.15, 0.2) is 12.2 Å². The highest BCUT2D eigenvalue weighted by Gasteiger charge is 1.86. The second kappa shape index (κ2) is 20.8. The lowest BCUT2D eigenvalue weighted by molar-refractivity contribution is 0.933. The van der Waals surface area contributed by atoms with E-state index in [0.717, 1.165) is 0 Å². The molecular formula is C14H30S2. The maximum Gasteiger partial charge on any atom is -0.00647 e. The van der Waals surface area contributed by atoms with Gasteiger partial charge in [0.05, 0.1) is 0 Å². The zero-order chi connectivity index (χ0) is 12.5. The lowest BCUT2D eigenvalue weighted by Gasteiger charge is -1.95. The molecule has 2 heteroatoms. The molecule has 0 saturated carbocycles. The van der Waals surface area contributed by atoms with Crippen molar-refractivity contribution in [3.63, 3.8) is 0 Å². The van der Waals surface area contributed by atoms with Crippen molar-refractivity contribution in [1.29, 1.82) is 0 Å². The van der Waals surface area contributed by atoms with E-state index in [1.165, 1.54) is 48.7 Å². The van der Waals surface area contributed by atoms with Gasteiger partial charge in [0.25, 0.3) is 0 Å². The second-order valence-electron chi connectivity index (χ2n) is 3.15. The van der Waals surface area contributed by atoms with Crippen LogP contribution in [0.25, 0.3) is 0 Å². The summed E-state index contributed by atoms with van der Waals surface area (Å²) in [7, 11) is 0. The van der Waals surface area contributed by atoms with Crippen LogP contribution in [0.3, 0.4) is 0 Å². The molecule has 0 rings (SSSR count). The van der Waals surface area contributed by atoms with E-state index in [1.807, 2.05) is 37.4 Å². The molecule has 0 aliphatic rings. The molecule has 0 nitrogen and oxygen atoms in total. The first-order chi connectivity index (χ1) is 7.91. The van der Waals surface area contributed by atoms with Crippen molar-refractivity contribution in [2.24, 2.45) is 0 Å². The SMILES string of the molecule is CC.CCSCCC/C=C\CCCSCC. The second-order valence-corrected chi connectivity index (χ2v) is 5.94. The number of thioether (sulfide) groups is 2. The van der Waals surface area contributed by atoms with E-state index in [0.29, 0.717) is 0 Å². The van der Waals surface area contributed by atoms with Gasteiger partial charge < -0.3 is 0 Å². The number of allylic oxidation sites excluding steroid dienone is 2. The number of unbranched alkanes of at least 4 members (excludes halogenated alkanes) is 2. The van der Waals surface area contributed by atoms with E-state index in [-0.39, 0.29) is 0 Å². The van der Waals surface area contributed by atoms with E-state index in [9.17, 15) is 0 Å². The van der Waals surface area contributed by atoms with Gasteiger partial charge in [0, 0.05) is 0 Å². The highest BCUT2D eigenvalue weighted by Crippen LogP contribution is 2.06. The Balaban J connectivity index is 0. The van der Waals surface area contributed by atoms with Gasteiger partial charge in [-0.25, -0.2) is 0 Å². The molecule has 0 aromatic carbocycles. The molecular weight excluding hydrogens is 232 g/mol. The van der Waals surface area contributed by atoms with Crippen molar-refractivity contribution in [3.8, 4) is 0 Å². The van der Waals surface area contributed by atoms with Gasteiger partial charge in [-0.05, 0) is 48.7 Å². The van der Waals surface area contributed by atoms with Crippen LogP contribution in [-0.2, 0) is 0 Å². The quantitative estimate of drug-likeness (QED) is 0.369. The van der Waals surface area contributed by atoms with Crippen LogP contribution in [0, 0.1) is 0 Å². The van der Waals surface area contributed by atoms with E-state index >= 15 is 0 Å². The standard InChI is InChI=1S/C12H24S2.C2H6/c1-3-13-11-9-7-5-6-8-10-12-14-4-2;1-2/h5-6H,3-4,7-12H2,1-2H3;1-2H3/b6-5-;. The Bertz CT molecular complexity index is 108. The summed E-state index contributed by atoms with van der Waals surface area (Å²) in [6, 6.07) is 0. The highest BCUT2D eigenvalue weighted by molar-refractivity contribution is 7.99. The summed E-state index contributed by atoms with van der Waals surface area (Å²) in [6.45, 7) is 8.46. The van der Waals surface area contributed by atoms with Gasteiger partial charge in [-0.3, -0.25) is 0 Å². The minimum atomic E-state index is 1.26. The van der Waals surface area contributed by atoms with Gasteiger partial charge >= 0.3 is 0 Å². The van der Waals surface area contributed by atoms with Crippen LogP contribution in [0.2, 0.25) is 0 Å². The molecule has 0 saturated heterocycles. The largest absolute Gasteiger partial charge is 0.162 e. The fraction of sp³-hybridized carbons (Fsp3) is 0.857. The average molecular weight is 263 g/mol. The predicted octanol–water partition coefficient (Wildman–Crippen LogP) is 5.64. The van der Waals surface area contributed by atoms with E-state index in [1.54, 1.807) is 0 Å². The van der Waals surface area contributed by atoms with E-state index < -0.39 is 0 Å². The molecule has 0 bridgehead atoms. The van der Waals surface area contributed by atoms with Crippen molar-refractivity contribution < 1.29 is 0 Å². The Labute approximate surface area is 112 Å². The summed E-state index contributed by atoms with van der Waals surface area (Å²) < 4.78 is 0. The average Bonchev–Trinajstić information content (AvgIpc) is 2.34. The maximum absolute atomic E-state index is 2.35. The minimum absolute atomic E-state index is 1.26. The third kappa shape index (κ3) is 19.9. The summed E-state index contributed by atoms with van der Waals surface area (Å²) in [6.07, 6.45) is 9.94. The molecule has 0 aliphatic carbocycles. The molecule has 98 valence electrons. The maximum atomic E-state index is 2.35.